The minimum Gasteiger partial charge on any atom is -0.477 e. The lowest BCUT2D eigenvalue weighted by Gasteiger charge is -2.53. The van der Waals surface area contributed by atoms with Crippen LogP contribution in [0.25, 0.3) is 0 Å². The van der Waals surface area contributed by atoms with Crippen molar-refractivity contribution in [1.82, 2.24) is 20.7 Å². The van der Waals surface area contributed by atoms with Crippen molar-refractivity contribution < 1.29 is 48.0 Å². The molecule has 1 aromatic heterocycles. The zero-order valence-electron chi connectivity index (χ0n) is 17.8. The number of carbonyl (C=O) groups excluding carboxylic acids is 4. The molecule has 6 N–H and O–H groups in total. The van der Waals surface area contributed by atoms with Crippen LogP contribution in [0.15, 0.2) is 10.5 Å². The second-order valence-corrected chi connectivity index (χ2v) is 10.0. The molecule has 5 atom stereocenters. The summed E-state index contributed by atoms with van der Waals surface area (Å²) in [5.74, 6) is -5.93. The molecule has 0 aromatic carbocycles. The summed E-state index contributed by atoms with van der Waals surface area (Å²) in [6, 6.07) is -1.34. The molecule has 188 valence electrons. The molecule has 16 nitrogen and oxygen atoms in total. The Bertz CT molecular complexity index is 1130. The molecule has 0 bridgehead atoms. The largest absolute Gasteiger partial charge is 0.477 e. The number of aliphatic carboxylic acids is 1. The number of anilines is 1. The van der Waals surface area contributed by atoms with Gasteiger partial charge < -0.3 is 25.7 Å². The zero-order valence-corrected chi connectivity index (χ0v) is 19.5. The molecule has 4 rings (SSSR count). The maximum absolute atomic E-state index is 13.0. The summed E-state index contributed by atoms with van der Waals surface area (Å²) in [4.78, 5) is 75.4. The van der Waals surface area contributed by atoms with Crippen LogP contribution in [0.1, 0.15) is 12.1 Å². The van der Waals surface area contributed by atoms with Gasteiger partial charge in [-0.15, -0.1) is 11.3 Å². The fraction of sp³-hybridized carbons (Fsp3) is 0.471. The minimum absolute atomic E-state index is 0.0146. The molecule has 0 spiro atoms. The summed E-state index contributed by atoms with van der Waals surface area (Å²) in [5, 5.41) is 16.1. The van der Waals surface area contributed by atoms with Crippen molar-refractivity contribution in [2.75, 3.05) is 25.2 Å². The highest BCUT2D eigenvalue weighted by molar-refractivity contribution is 7.92. The third-order valence-electron chi connectivity index (χ3n) is 5.43. The molecule has 35 heavy (non-hydrogen) atoms. The molecule has 3 aliphatic rings. The molecule has 1 unspecified atom stereocenters. The Hall–Kier alpha value is -3.48. The number of nitrogen functional groups attached to an aromatic ring is 1. The molecule has 1 aromatic rings. The van der Waals surface area contributed by atoms with Crippen molar-refractivity contribution in [2.45, 2.75) is 23.6 Å². The number of fused-ring (bicyclic) bond motifs is 3. The number of carbonyl (C=O) groups is 5. The highest BCUT2D eigenvalue weighted by atomic mass is 32.2. The van der Waals surface area contributed by atoms with Crippen LogP contribution < -0.4 is 16.5 Å². The standard InChI is InChI=1S/C17H18N6O10S2/c1-31-21-8(24)3-32-22-10(7-4-34-16(18)19-7)12(26)20-11-13(27)23-14(11)35(30)5-6-2-9(25)33-17(6,23)15(28)29/h4,6,11,14,30H,2-3,5H2,1H3,(H4-,18,19,20,21,24,26,28,29)/p+1/b22-10-/t6-,11+,14+,17+,35?/m0/s1. The van der Waals surface area contributed by atoms with E-state index in [4.69, 9.17) is 15.3 Å². The number of rotatable bonds is 8. The van der Waals surface area contributed by atoms with Gasteiger partial charge in [-0.25, -0.2) is 20.2 Å². The lowest BCUT2D eigenvalue weighted by atomic mass is 9.89. The Morgan fingerprint density at radius 2 is 2.20 bits per heavy atom. The first kappa shape index (κ1) is 24.6. The van der Waals surface area contributed by atoms with Crippen LogP contribution in [0.5, 0.6) is 0 Å². The fourth-order valence-electron chi connectivity index (χ4n) is 4.02. The van der Waals surface area contributed by atoms with Gasteiger partial charge in [0.25, 0.3) is 28.8 Å². The highest BCUT2D eigenvalue weighted by Gasteiger charge is 2.78. The molecule has 0 aliphatic carbocycles. The predicted molar refractivity (Wildman–Crippen MR) is 116 cm³/mol. The van der Waals surface area contributed by atoms with E-state index in [-0.39, 0.29) is 23.0 Å². The average Bonchev–Trinajstić information content (AvgIpc) is 3.36. The number of β-lactam (4-membered cyclic amide) rings is 1. The summed E-state index contributed by atoms with van der Waals surface area (Å²) in [6.45, 7) is -0.614. The van der Waals surface area contributed by atoms with Crippen molar-refractivity contribution in [3.8, 4) is 0 Å². The SMILES string of the molecule is CONC(=O)CO/N=C(\C(=O)N[C@@H]1C(=O)N2[C@@H]1[S+](O)C[C@@H]1CC(=O)O[C@@]12C(=O)O)c1csc(N)n1. The van der Waals surface area contributed by atoms with Gasteiger partial charge in [0, 0.05) is 5.38 Å². The number of ether oxygens (including phenoxy) is 1. The Balaban J connectivity index is 1.55. The number of thiazole rings is 1. The van der Waals surface area contributed by atoms with Gasteiger partial charge in [-0.3, -0.25) is 24.0 Å². The van der Waals surface area contributed by atoms with Gasteiger partial charge in [-0.05, 0) is 0 Å². The number of esters is 1. The molecule has 3 fully saturated rings. The van der Waals surface area contributed by atoms with Gasteiger partial charge >= 0.3 is 11.9 Å². The number of hydroxylamine groups is 1. The Labute approximate surface area is 202 Å². The molecule has 0 saturated carbocycles. The summed E-state index contributed by atoms with van der Waals surface area (Å²) < 4.78 is 15.7. The number of oxime groups is 1. The van der Waals surface area contributed by atoms with Crippen molar-refractivity contribution in [1.29, 1.82) is 0 Å². The van der Waals surface area contributed by atoms with E-state index in [9.17, 15) is 33.6 Å². The molecule has 3 saturated heterocycles. The van der Waals surface area contributed by atoms with Crippen LogP contribution in [0.2, 0.25) is 0 Å². The van der Waals surface area contributed by atoms with E-state index in [0.29, 0.717) is 0 Å². The lowest BCUT2D eigenvalue weighted by molar-refractivity contribution is -0.216. The normalized spacial score (nSPS) is 29.4. The number of carboxylic acids is 1. The van der Waals surface area contributed by atoms with Crippen LogP contribution in [0.3, 0.4) is 0 Å². The molecule has 0 radical (unpaired) electrons. The van der Waals surface area contributed by atoms with E-state index in [1.807, 2.05) is 5.48 Å². The Morgan fingerprint density at radius 3 is 2.83 bits per heavy atom. The lowest BCUT2D eigenvalue weighted by Crippen LogP contribution is -2.84. The van der Waals surface area contributed by atoms with Crippen LogP contribution in [-0.2, 0) is 49.6 Å². The van der Waals surface area contributed by atoms with E-state index in [1.54, 1.807) is 0 Å². The third kappa shape index (κ3) is 4.13. The molecule has 18 heteroatoms. The van der Waals surface area contributed by atoms with Crippen LogP contribution >= 0.6 is 11.3 Å². The van der Waals surface area contributed by atoms with E-state index in [0.717, 1.165) is 16.2 Å². The van der Waals surface area contributed by atoms with E-state index >= 15 is 0 Å². The number of nitrogens with two attached hydrogens (primary N) is 1. The summed E-state index contributed by atoms with van der Waals surface area (Å²) >= 11 is -0.565. The number of hydrogen-bond acceptors (Lipinski definition) is 13. The molecular formula is C17H19N6O10S2+. The van der Waals surface area contributed by atoms with E-state index in [2.05, 4.69) is 20.3 Å². The van der Waals surface area contributed by atoms with Gasteiger partial charge in [-0.2, -0.15) is 4.55 Å². The Morgan fingerprint density at radius 1 is 1.46 bits per heavy atom. The van der Waals surface area contributed by atoms with Gasteiger partial charge in [0.05, 0.1) is 19.4 Å². The van der Waals surface area contributed by atoms with Gasteiger partial charge in [0.1, 0.15) is 5.69 Å². The van der Waals surface area contributed by atoms with Crippen LogP contribution in [0.4, 0.5) is 5.13 Å². The molecule has 3 aliphatic heterocycles. The fourth-order valence-corrected chi connectivity index (χ4v) is 6.52. The monoisotopic (exact) mass is 531 g/mol. The van der Waals surface area contributed by atoms with Crippen molar-refractivity contribution >= 4 is 63.0 Å². The first-order valence-corrected chi connectivity index (χ1v) is 12.1. The van der Waals surface area contributed by atoms with Gasteiger partial charge in [-0.1, -0.05) is 5.16 Å². The maximum Gasteiger partial charge on any atom is 0.371 e. The maximum atomic E-state index is 13.0. The number of nitrogens with one attached hydrogen (secondary N) is 2. The summed E-state index contributed by atoms with van der Waals surface area (Å²) in [6.07, 6.45) is -0.264. The number of amides is 3. The highest BCUT2D eigenvalue weighted by Crippen LogP contribution is 2.48. The zero-order chi connectivity index (χ0) is 25.5. The number of aromatic nitrogens is 1. The van der Waals surface area contributed by atoms with Crippen LogP contribution in [0, 0.1) is 5.92 Å². The first-order chi connectivity index (χ1) is 16.6. The first-order valence-electron chi connectivity index (χ1n) is 9.81. The molecule has 3 amide bonds. The van der Waals surface area contributed by atoms with Crippen LogP contribution in [-0.4, -0.2) is 91.5 Å². The van der Waals surface area contributed by atoms with Crippen molar-refractivity contribution in [3.05, 3.63) is 11.1 Å². The van der Waals surface area contributed by atoms with E-state index < -0.39 is 76.2 Å². The third-order valence-corrected chi connectivity index (χ3v) is 7.89. The minimum atomic E-state index is -2.25. The second kappa shape index (κ2) is 9.29. The van der Waals surface area contributed by atoms with E-state index in [1.165, 1.54) is 12.5 Å². The topological polar surface area (TPSA) is 232 Å². The van der Waals surface area contributed by atoms with Crippen molar-refractivity contribution in [3.63, 3.8) is 0 Å². The van der Waals surface area contributed by atoms with Crippen molar-refractivity contribution in [2.24, 2.45) is 11.1 Å². The smallest absolute Gasteiger partial charge is 0.371 e. The van der Waals surface area contributed by atoms with Gasteiger partial charge in [0.2, 0.25) is 0 Å². The average molecular weight is 532 g/mol. The quantitative estimate of drug-likeness (QED) is 0.0754. The molecule has 4 heterocycles. The number of carboxylic acid groups (broad SMARTS) is 1. The summed E-state index contributed by atoms with van der Waals surface area (Å²) in [5.41, 5.74) is 4.91. The number of nitrogens with zero attached hydrogens (tertiary/aromatic N) is 3. The van der Waals surface area contributed by atoms with Gasteiger partial charge in [0.15, 0.2) is 40.4 Å². The second-order valence-electron chi connectivity index (χ2n) is 7.51. The Kier molecular flexibility index (Phi) is 6.54. The number of hydrogen-bond donors (Lipinski definition) is 5. The molecular weight excluding hydrogens is 512 g/mol. The predicted octanol–water partition coefficient (Wildman–Crippen LogP) is -2.77. The summed E-state index contributed by atoms with van der Waals surface area (Å²) in [7, 11) is 1.21.